The molecule has 0 radical (unpaired) electrons. The van der Waals surface area contributed by atoms with Crippen molar-refractivity contribution >= 4 is 23.0 Å². The van der Waals surface area contributed by atoms with E-state index in [4.69, 9.17) is 26.4 Å². The summed E-state index contributed by atoms with van der Waals surface area (Å²) in [7, 11) is 0. The minimum absolute atomic E-state index is 0.556. The molecule has 0 amide bonds. The van der Waals surface area contributed by atoms with Gasteiger partial charge >= 0.3 is 0 Å². The molecule has 126 valence electrons. The Kier molecular flexibility index (Phi) is 5.38. The number of anilines is 1. The van der Waals surface area contributed by atoms with Crippen LogP contribution in [0.1, 0.15) is 12.5 Å². The number of hydrogen-bond donors (Lipinski definition) is 2. The van der Waals surface area contributed by atoms with Crippen molar-refractivity contribution in [1.82, 2.24) is 5.32 Å². The Morgan fingerprint density at radius 1 is 1.08 bits per heavy atom. The molecule has 1 aliphatic heterocycles. The van der Waals surface area contributed by atoms with Gasteiger partial charge in [0.25, 0.3) is 0 Å². The summed E-state index contributed by atoms with van der Waals surface area (Å²) in [4.78, 5) is 0. The van der Waals surface area contributed by atoms with Crippen molar-refractivity contribution in [2.75, 3.05) is 25.1 Å². The predicted molar refractivity (Wildman–Crippen MR) is 98.1 cm³/mol. The smallest absolute Gasteiger partial charge is 0.171 e. The Labute approximate surface area is 146 Å². The van der Waals surface area contributed by atoms with Crippen LogP contribution in [0.15, 0.2) is 42.5 Å². The van der Waals surface area contributed by atoms with Crippen LogP contribution in [0.3, 0.4) is 0 Å². The van der Waals surface area contributed by atoms with E-state index in [1.165, 1.54) is 0 Å². The highest BCUT2D eigenvalue weighted by Gasteiger charge is 2.12. The predicted octanol–water partition coefficient (Wildman–Crippen LogP) is 3.34. The number of rotatable bonds is 5. The van der Waals surface area contributed by atoms with E-state index in [0.717, 1.165) is 28.5 Å². The third kappa shape index (κ3) is 4.29. The van der Waals surface area contributed by atoms with E-state index < -0.39 is 0 Å². The normalized spacial score (nSPS) is 12.4. The molecule has 2 aromatic carbocycles. The molecular weight excluding hydrogens is 324 g/mol. The fourth-order valence-electron chi connectivity index (χ4n) is 2.35. The summed E-state index contributed by atoms with van der Waals surface area (Å²) in [6.45, 7) is 4.43. The zero-order chi connectivity index (χ0) is 16.8. The van der Waals surface area contributed by atoms with Crippen LogP contribution in [0, 0.1) is 0 Å². The zero-order valence-electron chi connectivity index (χ0n) is 13.5. The molecule has 3 rings (SSSR count). The summed E-state index contributed by atoms with van der Waals surface area (Å²) < 4.78 is 16.5. The van der Waals surface area contributed by atoms with Crippen LogP contribution in [-0.4, -0.2) is 24.9 Å². The average molecular weight is 344 g/mol. The lowest BCUT2D eigenvalue weighted by Gasteiger charge is -2.19. The molecule has 2 aromatic rings. The van der Waals surface area contributed by atoms with Gasteiger partial charge in [-0.3, -0.25) is 0 Å². The Morgan fingerprint density at radius 2 is 1.83 bits per heavy atom. The maximum Gasteiger partial charge on any atom is 0.171 e. The Morgan fingerprint density at radius 3 is 2.58 bits per heavy atom. The van der Waals surface area contributed by atoms with Gasteiger partial charge in [0.1, 0.15) is 19.0 Å². The minimum atomic E-state index is 0.556. The third-order valence-corrected chi connectivity index (χ3v) is 3.73. The highest BCUT2D eigenvalue weighted by atomic mass is 32.1. The topological polar surface area (TPSA) is 51.8 Å². The second-order valence-electron chi connectivity index (χ2n) is 5.24. The Bertz CT molecular complexity index is 704. The highest BCUT2D eigenvalue weighted by molar-refractivity contribution is 7.80. The first-order chi connectivity index (χ1) is 11.7. The van der Waals surface area contributed by atoms with Gasteiger partial charge in [-0.25, -0.2) is 0 Å². The van der Waals surface area contributed by atoms with Gasteiger partial charge in [0.05, 0.1) is 6.61 Å². The van der Waals surface area contributed by atoms with E-state index in [1.807, 2.05) is 49.4 Å². The van der Waals surface area contributed by atoms with Crippen LogP contribution >= 0.6 is 12.2 Å². The Hall–Kier alpha value is -2.47. The summed E-state index contributed by atoms with van der Waals surface area (Å²) in [6.07, 6.45) is 0. The van der Waals surface area contributed by atoms with Crippen molar-refractivity contribution in [2.45, 2.75) is 13.5 Å². The van der Waals surface area contributed by atoms with Crippen LogP contribution in [0.25, 0.3) is 0 Å². The van der Waals surface area contributed by atoms with E-state index in [2.05, 4.69) is 10.6 Å². The molecule has 1 heterocycles. The van der Waals surface area contributed by atoms with Crippen LogP contribution in [-0.2, 0) is 6.54 Å². The maximum atomic E-state index is 5.57. The van der Waals surface area contributed by atoms with Gasteiger partial charge in [-0.15, -0.1) is 0 Å². The van der Waals surface area contributed by atoms with Gasteiger partial charge in [0, 0.05) is 18.3 Å². The van der Waals surface area contributed by atoms with Crippen molar-refractivity contribution in [3.8, 4) is 17.2 Å². The number of fused-ring (bicyclic) bond motifs is 1. The molecule has 1 aliphatic rings. The van der Waals surface area contributed by atoms with Crippen molar-refractivity contribution in [3.05, 3.63) is 48.0 Å². The van der Waals surface area contributed by atoms with Gasteiger partial charge in [0.2, 0.25) is 0 Å². The second-order valence-corrected chi connectivity index (χ2v) is 5.65. The van der Waals surface area contributed by atoms with Crippen molar-refractivity contribution in [2.24, 2.45) is 0 Å². The van der Waals surface area contributed by atoms with E-state index in [9.17, 15) is 0 Å². The number of nitrogens with one attached hydrogen (secondary N) is 2. The summed E-state index contributed by atoms with van der Waals surface area (Å²) in [5.74, 6) is 2.37. The van der Waals surface area contributed by atoms with Crippen LogP contribution < -0.4 is 24.8 Å². The quantitative estimate of drug-likeness (QED) is 0.812. The first-order valence-corrected chi connectivity index (χ1v) is 8.31. The average Bonchev–Trinajstić information content (AvgIpc) is 2.61. The lowest BCUT2D eigenvalue weighted by atomic mass is 10.2. The molecule has 24 heavy (non-hydrogen) atoms. The summed E-state index contributed by atoms with van der Waals surface area (Å²) >= 11 is 5.34. The lowest BCUT2D eigenvalue weighted by molar-refractivity contribution is 0.171. The first kappa shape index (κ1) is 16.4. The molecule has 0 unspecified atom stereocenters. The molecule has 2 N–H and O–H groups in total. The maximum absolute atomic E-state index is 5.57. The van der Waals surface area contributed by atoms with Crippen molar-refractivity contribution in [1.29, 1.82) is 0 Å². The first-order valence-electron chi connectivity index (χ1n) is 7.91. The third-order valence-electron chi connectivity index (χ3n) is 3.49. The highest BCUT2D eigenvalue weighted by Crippen LogP contribution is 2.32. The second kappa shape index (κ2) is 7.88. The van der Waals surface area contributed by atoms with E-state index >= 15 is 0 Å². The van der Waals surface area contributed by atoms with E-state index in [-0.39, 0.29) is 0 Å². The molecule has 5 nitrogen and oxygen atoms in total. The summed E-state index contributed by atoms with van der Waals surface area (Å²) in [6, 6.07) is 13.6. The van der Waals surface area contributed by atoms with E-state index in [0.29, 0.717) is 31.5 Å². The summed E-state index contributed by atoms with van der Waals surface area (Å²) in [5, 5.41) is 6.90. The van der Waals surface area contributed by atoms with Gasteiger partial charge in [-0.2, -0.15) is 0 Å². The monoisotopic (exact) mass is 344 g/mol. The standard InChI is InChI=1S/C18H20N2O3S/c1-2-21-15-6-3-13(4-7-15)12-19-18(24)20-14-5-8-16-17(11-14)23-10-9-22-16/h3-8,11H,2,9-10,12H2,1H3,(H2,19,20,24). The van der Waals surface area contributed by atoms with Gasteiger partial charge < -0.3 is 24.8 Å². The van der Waals surface area contributed by atoms with Gasteiger partial charge in [-0.1, -0.05) is 12.1 Å². The molecular formula is C18H20N2O3S. The molecule has 0 bridgehead atoms. The van der Waals surface area contributed by atoms with Gasteiger partial charge in [0.15, 0.2) is 16.6 Å². The number of hydrogen-bond acceptors (Lipinski definition) is 4. The molecule has 0 aliphatic carbocycles. The molecule has 0 atom stereocenters. The fraction of sp³-hybridized carbons (Fsp3) is 0.278. The molecule has 6 heteroatoms. The molecule has 0 saturated carbocycles. The van der Waals surface area contributed by atoms with E-state index in [1.54, 1.807) is 0 Å². The molecule has 0 fully saturated rings. The lowest BCUT2D eigenvalue weighted by Crippen LogP contribution is -2.28. The summed E-state index contributed by atoms with van der Waals surface area (Å²) in [5.41, 5.74) is 1.99. The van der Waals surface area contributed by atoms with Crippen LogP contribution in [0.5, 0.6) is 17.2 Å². The number of thiocarbonyl (C=S) groups is 1. The number of ether oxygens (including phenoxy) is 3. The Balaban J connectivity index is 1.52. The molecule has 0 spiro atoms. The molecule has 0 saturated heterocycles. The SMILES string of the molecule is CCOc1ccc(CNC(=S)Nc2ccc3c(c2)OCCO3)cc1. The fourth-order valence-corrected chi connectivity index (χ4v) is 2.54. The van der Waals surface area contributed by atoms with Crippen molar-refractivity contribution in [3.63, 3.8) is 0 Å². The minimum Gasteiger partial charge on any atom is -0.494 e. The van der Waals surface area contributed by atoms with Crippen LogP contribution in [0.2, 0.25) is 0 Å². The number of benzene rings is 2. The largest absolute Gasteiger partial charge is 0.494 e. The van der Waals surface area contributed by atoms with Gasteiger partial charge in [-0.05, 0) is 49.0 Å². The molecule has 0 aromatic heterocycles. The van der Waals surface area contributed by atoms with Crippen LogP contribution in [0.4, 0.5) is 5.69 Å². The zero-order valence-corrected chi connectivity index (χ0v) is 14.3. The van der Waals surface area contributed by atoms with Crippen molar-refractivity contribution < 1.29 is 14.2 Å².